The van der Waals surface area contributed by atoms with Gasteiger partial charge in [-0.3, -0.25) is 0 Å². The van der Waals surface area contributed by atoms with Crippen LogP contribution in [-0.4, -0.2) is 7.05 Å². The second-order valence-corrected chi connectivity index (χ2v) is 1.22. The van der Waals surface area contributed by atoms with Crippen molar-refractivity contribution in [2.45, 2.75) is 19.3 Å². The summed E-state index contributed by atoms with van der Waals surface area (Å²) < 4.78 is 0. The van der Waals surface area contributed by atoms with Crippen LogP contribution in [-0.2, 0) is 0 Å². The Balaban J connectivity index is 0.000000112. The highest BCUT2D eigenvalue weighted by molar-refractivity contribution is 4.74. The van der Waals surface area contributed by atoms with E-state index in [0.29, 0.717) is 0 Å². The average Bonchev–Trinajstić information content (AvgIpc) is 1.36. The Morgan fingerprint density at radius 2 is 1.50 bits per heavy atom. The molecule has 6 heavy (non-hydrogen) atoms. The van der Waals surface area contributed by atoms with Crippen molar-refractivity contribution >= 4 is 0 Å². The van der Waals surface area contributed by atoms with Crippen LogP contribution in [0.15, 0.2) is 0 Å². The van der Waals surface area contributed by atoms with Gasteiger partial charge in [0.1, 0.15) is 0 Å². The van der Waals surface area contributed by atoms with Gasteiger partial charge in [-0.2, -0.15) is 0 Å². The number of hydrogen-bond donors (Lipinski definition) is 1. The van der Waals surface area contributed by atoms with Gasteiger partial charge in [0.15, 0.2) is 0 Å². The second kappa shape index (κ2) is 4.96. The zero-order valence-electron chi connectivity index (χ0n) is 4.28. The maximum Gasteiger partial charge on any atom is -0.0195 e. The van der Waals surface area contributed by atoms with Crippen molar-refractivity contribution in [3.8, 4) is 0 Å². The van der Waals surface area contributed by atoms with Crippen LogP contribution < -0.4 is 5.73 Å². The van der Waals surface area contributed by atoms with E-state index in [-0.39, 0.29) is 0 Å². The first-order valence-corrected chi connectivity index (χ1v) is 2.39. The fraction of sp³-hybridized carbons (Fsp3) is 0.800. The maximum absolute atomic E-state index is 4.50. The average molecular weight is 86.2 g/mol. The lowest BCUT2D eigenvalue weighted by Gasteiger charge is -2.05. The molecule has 2 N–H and O–H groups in total. The topological polar surface area (TPSA) is 26.0 Å². The largest absolute Gasteiger partial charge is 0.333 e. The molecular weight excluding hydrogens is 74.1 g/mol. The minimum absolute atomic E-state index is 1.38. The molecule has 0 aromatic rings. The maximum atomic E-state index is 4.50. The van der Waals surface area contributed by atoms with E-state index >= 15 is 0 Å². The van der Waals surface area contributed by atoms with Gasteiger partial charge in [0, 0.05) is 0 Å². The third-order valence-electron chi connectivity index (χ3n) is 0.816. The van der Waals surface area contributed by atoms with E-state index in [1.54, 1.807) is 0 Å². The molecule has 0 bridgehead atoms. The van der Waals surface area contributed by atoms with Crippen LogP contribution in [0, 0.1) is 6.42 Å². The molecule has 1 nitrogen and oxygen atoms in total. The highest BCUT2D eigenvalue weighted by atomic mass is 14.4. The fourth-order valence-corrected chi connectivity index (χ4v) is 0.204. The highest BCUT2D eigenvalue weighted by Crippen LogP contribution is 2.13. The molecule has 1 saturated carbocycles. The van der Waals surface area contributed by atoms with E-state index in [1.807, 2.05) is 0 Å². The van der Waals surface area contributed by atoms with E-state index in [1.165, 1.54) is 26.3 Å². The molecule has 0 atom stereocenters. The standard InChI is InChI=1S/C4H7.CH5N/c1-2-4-3-1;1-2/h1H,2-4H2;2H2,1H3. The monoisotopic (exact) mass is 86.1 g/mol. The molecule has 1 rings (SSSR count). The Morgan fingerprint density at radius 1 is 1.33 bits per heavy atom. The third-order valence-corrected chi connectivity index (χ3v) is 0.816. The van der Waals surface area contributed by atoms with Gasteiger partial charge >= 0.3 is 0 Å². The van der Waals surface area contributed by atoms with Crippen LogP contribution in [0.3, 0.4) is 0 Å². The number of rotatable bonds is 0. The van der Waals surface area contributed by atoms with Crippen molar-refractivity contribution in [3.63, 3.8) is 0 Å². The molecule has 0 aromatic carbocycles. The van der Waals surface area contributed by atoms with Crippen LogP contribution in [0.2, 0.25) is 0 Å². The van der Waals surface area contributed by atoms with Crippen molar-refractivity contribution < 1.29 is 0 Å². The third kappa shape index (κ3) is 2.21. The quantitative estimate of drug-likeness (QED) is 0.466. The van der Waals surface area contributed by atoms with E-state index < -0.39 is 0 Å². The van der Waals surface area contributed by atoms with Gasteiger partial charge in [0.05, 0.1) is 0 Å². The fourth-order valence-electron chi connectivity index (χ4n) is 0.204. The Bertz CT molecular complexity index is 11.9. The van der Waals surface area contributed by atoms with Crippen LogP contribution in [0.5, 0.6) is 0 Å². The zero-order chi connectivity index (χ0) is 4.83. The summed E-state index contributed by atoms with van der Waals surface area (Å²) in [5, 5.41) is 0. The molecule has 1 heteroatoms. The molecule has 37 valence electrons. The van der Waals surface area contributed by atoms with Gasteiger partial charge in [0.2, 0.25) is 0 Å². The molecule has 1 aliphatic rings. The van der Waals surface area contributed by atoms with Gasteiger partial charge in [-0.25, -0.2) is 0 Å². The number of nitrogens with two attached hydrogens (primary N) is 1. The minimum Gasteiger partial charge on any atom is -0.333 e. The van der Waals surface area contributed by atoms with Gasteiger partial charge in [0.25, 0.3) is 0 Å². The summed E-state index contributed by atoms with van der Waals surface area (Å²) in [7, 11) is 1.50. The van der Waals surface area contributed by atoms with Crippen molar-refractivity contribution in [3.05, 3.63) is 6.42 Å². The summed E-state index contributed by atoms with van der Waals surface area (Å²) >= 11 is 0. The van der Waals surface area contributed by atoms with Gasteiger partial charge in [-0.05, 0) is 13.5 Å². The Hall–Kier alpha value is -0.0400. The smallest absolute Gasteiger partial charge is 0.0195 e. The SMILES string of the molecule is CN.[CH]1CCC1. The Kier molecular flexibility index (Phi) is 4.93. The molecule has 1 aliphatic carbocycles. The van der Waals surface area contributed by atoms with Crippen molar-refractivity contribution in [1.29, 1.82) is 0 Å². The number of hydrogen-bond acceptors (Lipinski definition) is 1. The van der Waals surface area contributed by atoms with Crippen molar-refractivity contribution in [2.24, 2.45) is 5.73 Å². The lowest BCUT2D eigenvalue weighted by atomic mass is 10.0. The molecule has 0 spiro atoms. The summed E-state index contributed by atoms with van der Waals surface area (Å²) in [5.41, 5.74) is 4.50. The molecule has 0 aromatic heterocycles. The van der Waals surface area contributed by atoms with Crippen molar-refractivity contribution in [2.75, 3.05) is 7.05 Å². The van der Waals surface area contributed by atoms with Gasteiger partial charge < -0.3 is 5.73 Å². The summed E-state index contributed by atoms with van der Waals surface area (Å²) in [6.45, 7) is 0. The van der Waals surface area contributed by atoms with E-state index in [2.05, 4.69) is 12.2 Å². The Morgan fingerprint density at radius 3 is 1.50 bits per heavy atom. The second-order valence-electron chi connectivity index (χ2n) is 1.22. The first-order valence-electron chi connectivity index (χ1n) is 2.39. The predicted molar refractivity (Wildman–Crippen MR) is 28.3 cm³/mol. The lowest BCUT2D eigenvalue weighted by molar-refractivity contribution is 0.652. The predicted octanol–water partition coefficient (Wildman–Crippen LogP) is 0.949. The highest BCUT2D eigenvalue weighted by Gasteiger charge is 1.95. The normalized spacial score (nSPS) is 17.0. The Labute approximate surface area is 39.5 Å². The lowest BCUT2D eigenvalue weighted by Crippen LogP contribution is -1.87. The van der Waals surface area contributed by atoms with E-state index in [4.69, 9.17) is 0 Å². The molecule has 1 fully saturated rings. The van der Waals surface area contributed by atoms with E-state index in [9.17, 15) is 0 Å². The molecule has 0 saturated heterocycles. The van der Waals surface area contributed by atoms with Gasteiger partial charge in [-0.15, -0.1) is 0 Å². The molecular formula is C5H12N. The first kappa shape index (κ1) is 5.96. The van der Waals surface area contributed by atoms with Crippen molar-refractivity contribution in [1.82, 2.24) is 0 Å². The minimum atomic E-state index is 1.38. The zero-order valence-corrected chi connectivity index (χ0v) is 4.28. The summed E-state index contributed by atoms with van der Waals surface area (Å²) in [5.74, 6) is 0. The molecule has 0 aliphatic heterocycles. The van der Waals surface area contributed by atoms with Crippen LogP contribution in [0.25, 0.3) is 0 Å². The molecule has 1 radical (unpaired) electrons. The van der Waals surface area contributed by atoms with Crippen LogP contribution in [0.1, 0.15) is 19.3 Å². The van der Waals surface area contributed by atoms with Crippen LogP contribution in [0.4, 0.5) is 0 Å². The summed E-state index contributed by atoms with van der Waals surface area (Å²) in [4.78, 5) is 0. The molecule has 0 unspecified atom stereocenters. The van der Waals surface area contributed by atoms with E-state index in [0.717, 1.165) is 0 Å². The summed E-state index contributed by atoms with van der Waals surface area (Å²) in [6, 6.07) is 0. The van der Waals surface area contributed by atoms with Gasteiger partial charge in [-0.1, -0.05) is 19.3 Å². The van der Waals surface area contributed by atoms with Crippen LogP contribution >= 0.6 is 0 Å². The summed E-state index contributed by atoms with van der Waals surface area (Å²) in [6.07, 6.45) is 6.50. The first-order chi connectivity index (χ1) is 3.00. The molecule has 0 heterocycles. The molecule has 0 amide bonds.